The molecule has 2 aromatic rings. The van der Waals surface area contributed by atoms with Gasteiger partial charge in [0.1, 0.15) is 5.82 Å². The van der Waals surface area contributed by atoms with Crippen LogP contribution in [0.25, 0.3) is 0 Å². The van der Waals surface area contributed by atoms with E-state index in [9.17, 15) is 0 Å². The van der Waals surface area contributed by atoms with Crippen molar-refractivity contribution in [2.24, 2.45) is 4.99 Å². The highest BCUT2D eigenvalue weighted by atomic mass is 127. The molecule has 0 radical (unpaired) electrons. The van der Waals surface area contributed by atoms with Crippen LogP contribution in [0.5, 0.6) is 0 Å². The molecule has 2 N–H and O–H groups in total. The first kappa shape index (κ1) is 22.5. The first-order valence-electron chi connectivity index (χ1n) is 10.4. The molecule has 1 aliphatic heterocycles. The number of aryl methyl sites for hydroxylation is 2. The highest BCUT2D eigenvalue weighted by Gasteiger charge is 2.45. The number of hydrogen-bond acceptors (Lipinski definition) is 3. The van der Waals surface area contributed by atoms with E-state index in [-0.39, 0.29) is 29.4 Å². The summed E-state index contributed by atoms with van der Waals surface area (Å²) in [5.74, 6) is 2.97. The van der Waals surface area contributed by atoms with Gasteiger partial charge in [0.2, 0.25) is 0 Å². The number of nitrogens with one attached hydrogen (secondary N) is 2. The van der Waals surface area contributed by atoms with Crippen molar-refractivity contribution >= 4 is 45.9 Å². The largest absolute Gasteiger partial charge is 0.357 e. The molecule has 1 aromatic heterocycles. The fourth-order valence-corrected chi connectivity index (χ4v) is 4.63. The average Bonchev–Trinajstić information content (AvgIpc) is 3.37. The Morgan fingerprint density at radius 3 is 2.79 bits per heavy atom. The second-order valence-electron chi connectivity index (χ2n) is 7.82. The summed E-state index contributed by atoms with van der Waals surface area (Å²) in [4.78, 5) is 9.58. The quantitative estimate of drug-likeness (QED) is 0.314. The van der Waals surface area contributed by atoms with E-state index in [0.717, 1.165) is 56.5 Å². The second-order valence-corrected chi connectivity index (χ2v) is 8.67. The summed E-state index contributed by atoms with van der Waals surface area (Å²) >= 11 is 3.72. The second kappa shape index (κ2) is 9.76. The number of guanidine groups is 1. The van der Waals surface area contributed by atoms with E-state index in [1.54, 1.807) is 0 Å². The van der Waals surface area contributed by atoms with E-state index < -0.39 is 0 Å². The molecule has 0 bridgehead atoms. The number of nitrogens with zero attached hydrogens (tertiary/aromatic N) is 4. The Morgan fingerprint density at radius 1 is 1.31 bits per heavy atom. The van der Waals surface area contributed by atoms with Gasteiger partial charge in [0.15, 0.2) is 11.8 Å². The number of aliphatic imine (C=N–C) groups is 1. The Kier molecular flexibility index (Phi) is 7.58. The summed E-state index contributed by atoms with van der Waals surface area (Å²) in [7, 11) is 0. The number of hydrogen-bond donors (Lipinski definition) is 2. The number of halogens is 2. The smallest absolute Gasteiger partial charge is 0.191 e. The Balaban J connectivity index is 0.00000240. The van der Waals surface area contributed by atoms with Crippen LogP contribution in [0.1, 0.15) is 50.3 Å². The lowest BCUT2D eigenvalue weighted by molar-refractivity contribution is 0.392. The lowest BCUT2D eigenvalue weighted by atomic mass is 9.96. The van der Waals surface area contributed by atoms with Crippen LogP contribution in [0.4, 0.5) is 0 Å². The molecule has 1 fully saturated rings. The van der Waals surface area contributed by atoms with Crippen LogP contribution in [0.2, 0.25) is 0 Å². The Morgan fingerprint density at radius 2 is 2.10 bits per heavy atom. The standard InChI is InChI=1S/C21H29BrN6.HI/c1-3-18-26-19-10-9-15(13-28(19)27-18)25-20(23-4-2)24-14-21(11-12-21)16-7-5-6-8-17(16)22;/h5-8,15H,3-4,9-14H2,1-2H3,(H2,23,24,25);1H. The maximum atomic E-state index is 4.96. The van der Waals surface area contributed by atoms with Gasteiger partial charge in [0.25, 0.3) is 0 Å². The fraction of sp³-hybridized carbons (Fsp3) is 0.571. The van der Waals surface area contributed by atoms with Crippen LogP contribution in [0.3, 0.4) is 0 Å². The van der Waals surface area contributed by atoms with Crippen LogP contribution in [0, 0.1) is 0 Å². The molecule has 2 aliphatic rings. The molecule has 1 atom stereocenters. The van der Waals surface area contributed by atoms with Gasteiger partial charge in [-0.15, -0.1) is 24.0 Å². The zero-order valence-corrected chi connectivity index (χ0v) is 21.0. The number of benzene rings is 1. The van der Waals surface area contributed by atoms with Crippen molar-refractivity contribution in [1.82, 2.24) is 25.4 Å². The molecule has 6 nitrogen and oxygen atoms in total. The maximum Gasteiger partial charge on any atom is 0.191 e. The van der Waals surface area contributed by atoms with E-state index in [1.165, 1.54) is 22.9 Å². The first-order valence-corrected chi connectivity index (χ1v) is 11.2. The molecule has 2 heterocycles. The third-order valence-electron chi connectivity index (χ3n) is 5.74. The van der Waals surface area contributed by atoms with Gasteiger partial charge in [-0.1, -0.05) is 41.1 Å². The zero-order chi connectivity index (χ0) is 19.6. The van der Waals surface area contributed by atoms with Gasteiger partial charge in [-0.3, -0.25) is 4.99 Å². The van der Waals surface area contributed by atoms with E-state index in [2.05, 4.69) is 79.4 Å². The summed E-state index contributed by atoms with van der Waals surface area (Å²) in [6.07, 6.45) is 5.31. The molecule has 0 amide bonds. The molecule has 158 valence electrons. The van der Waals surface area contributed by atoms with Gasteiger partial charge in [-0.2, -0.15) is 5.10 Å². The van der Waals surface area contributed by atoms with Crippen LogP contribution in [0.15, 0.2) is 33.7 Å². The summed E-state index contributed by atoms with van der Waals surface area (Å²) in [6.45, 7) is 6.73. The Labute approximate surface area is 198 Å². The maximum absolute atomic E-state index is 4.96. The monoisotopic (exact) mass is 572 g/mol. The number of aromatic nitrogens is 3. The normalized spacial score (nSPS) is 19.8. The van der Waals surface area contributed by atoms with E-state index in [4.69, 9.17) is 4.99 Å². The van der Waals surface area contributed by atoms with Crippen LogP contribution < -0.4 is 10.6 Å². The Hall–Kier alpha value is -1.16. The topological polar surface area (TPSA) is 67.1 Å². The van der Waals surface area contributed by atoms with Crippen LogP contribution in [-0.4, -0.2) is 39.9 Å². The van der Waals surface area contributed by atoms with Crippen molar-refractivity contribution in [2.45, 2.75) is 64.0 Å². The van der Waals surface area contributed by atoms with Crippen molar-refractivity contribution in [3.8, 4) is 0 Å². The van der Waals surface area contributed by atoms with E-state index >= 15 is 0 Å². The average molecular weight is 573 g/mol. The third kappa shape index (κ3) is 5.13. The minimum absolute atomic E-state index is 0. The summed E-state index contributed by atoms with van der Waals surface area (Å²) < 4.78 is 3.26. The highest BCUT2D eigenvalue weighted by molar-refractivity contribution is 14.0. The predicted molar refractivity (Wildman–Crippen MR) is 131 cm³/mol. The summed E-state index contributed by atoms with van der Waals surface area (Å²) in [5, 5.41) is 11.7. The molecular weight excluding hydrogens is 543 g/mol. The molecule has 29 heavy (non-hydrogen) atoms. The SMILES string of the molecule is CCNC(=NCC1(c2ccccc2Br)CC1)NC1CCc2nc(CC)nn2C1.I. The van der Waals surface area contributed by atoms with Gasteiger partial charge in [-0.05, 0) is 37.8 Å². The minimum atomic E-state index is 0. The van der Waals surface area contributed by atoms with Gasteiger partial charge in [-0.25, -0.2) is 9.67 Å². The lowest BCUT2D eigenvalue weighted by Crippen LogP contribution is -2.47. The van der Waals surface area contributed by atoms with Crippen molar-refractivity contribution in [3.05, 3.63) is 46.0 Å². The summed E-state index contributed by atoms with van der Waals surface area (Å²) in [6, 6.07) is 8.88. The van der Waals surface area contributed by atoms with Crippen molar-refractivity contribution < 1.29 is 0 Å². The van der Waals surface area contributed by atoms with Gasteiger partial charge in [0.05, 0.1) is 13.1 Å². The van der Waals surface area contributed by atoms with Crippen molar-refractivity contribution in [3.63, 3.8) is 0 Å². The molecule has 1 aromatic carbocycles. The summed E-state index contributed by atoms with van der Waals surface area (Å²) in [5.41, 5.74) is 1.57. The molecule has 0 saturated heterocycles. The fourth-order valence-electron chi connectivity index (χ4n) is 3.93. The predicted octanol–water partition coefficient (Wildman–Crippen LogP) is 3.82. The van der Waals surface area contributed by atoms with E-state index in [0.29, 0.717) is 6.04 Å². The number of fused-ring (bicyclic) bond motifs is 1. The van der Waals surface area contributed by atoms with Gasteiger partial charge < -0.3 is 10.6 Å². The van der Waals surface area contributed by atoms with Crippen LogP contribution in [-0.2, 0) is 24.8 Å². The van der Waals surface area contributed by atoms with Crippen molar-refractivity contribution in [2.75, 3.05) is 13.1 Å². The molecule has 1 saturated carbocycles. The van der Waals surface area contributed by atoms with Crippen LogP contribution >= 0.6 is 39.9 Å². The van der Waals surface area contributed by atoms with Gasteiger partial charge in [0, 0.05) is 35.3 Å². The first-order chi connectivity index (χ1) is 13.6. The molecule has 1 unspecified atom stereocenters. The minimum Gasteiger partial charge on any atom is -0.357 e. The highest BCUT2D eigenvalue weighted by Crippen LogP contribution is 2.50. The number of rotatable bonds is 6. The molecule has 4 rings (SSSR count). The van der Waals surface area contributed by atoms with Gasteiger partial charge >= 0.3 is 0 Å². The van der Waals surface area contributed by atoms with Crippen molar-refractivity contribution in [1.29, 1.82) is 0 Å². The lowest BCUT2D eigenvalue weighted by Gasteiger charge is -2.26. The molecular formula is C21H30BrIN6. The zero-order valence-electron chi connectivity index (χ0n) is 17.1. The molecule has 0 spiro atoms. The van der Waals surface area contributed by atoms with E-state index in [1.807, 2.05) is 0 Å². The Bertz CT molecular complexity index is 861. The third-order valence-corrected chi connectivity index (χ3v) is 6.43. The molecule has 1 aliphatic carbocycles. The molecule has 8 heteroatoms.